The van der Waals surface area contributed by atoms with Gasteiger partial charge in [0, 0.05) is 31.4 Å². The van der Waals surface area contributed by atoms with Gasteiger partial charge in [0.2, 0.25) is 0 Å². The molecule has 4 rings (SSSR count). The maximum atomic E-state index is 12.7. The van der Waals surface area contributed by atoms with E-state index in [1.54, 1.807) is 11.0 Å². The van der Waals surface area contributed by atoms with Crippen LogP contribution in [0.3, 0.4) is 0 Å². The Morgan fingerprint density at radius 2 is 2.12 bits per heavy atom. The molecule has 0 unspecified atom stereocenters. The number of carbonyl (C=O) groups is 1. The lowest BCUT2D eigenvalue weighted by atomic mass is 9.96. The van der Waals surface area contributed by atoms with Crippen LogP contribution < -0.4 is 0 Å². The molecule has 0 atom stereocenters. The van der Waals surface area contributed by atoms with Crippen LogP contribution in [0.15, 0.2) is 24.4 Å². The quantitative estimate of drug-likeness (QED) is 0.805. The molecule has 0 saturated heterocycles. The van der Waals surface area contributed by atoms with Crippen molar-refractivity contribution in [3.63, 3.8) is 0 Å². The zero-order valence-corrected chi connectivity index (χ0v) is 14.0. The van der Waals surface area contributed by atoms with Crippen LogP contribution in [0.25, 0.3) is 11.0 Å². The Balaban J connectivity index is 1.56. The highest BCUT2D eigenvalue weighted by atomic mass is 16.2. The molecule has 0 aromatic carbocycles. The number of aromatic amines is 1. The fourth-order valence-corrected chi connectivity index (χ4v) is 3.43. The van der Waals surface area contributed by atoms with Gasteiger partial charge in [0.1, 0.15) is 11.3 Å². The summed E-state index contributed by atoms with van der Waals surface area (Å²) in [5.74, 6) is -0.0781. The van der Waals surface area contributed by atoms with E-state index in [1.807, 2.05) is 37.0 Å². The molecular formula is C18H21N5O. The molecule has 3 heterocycles. The molecule has 0 saturated carbocycles. The summed E-state index contributed by atoms with van der Waals surface area (Å²) in [6.07, 6.45) is 6.47. The fraction of sp³-hybridized carbons (Fsp3) is 0.389. The van der Waals surface area contributed by atoms with Crippen LogP contribution in [0, 0.1) is 0 Å². The van der Waals surface area contributed by atoms with Gasteiger partial charge in [0.15, 0.2) is 0 Å². The van der Waals surface area contributed by atoms with Crippen molar-refractivity contribution >= 4 is 16.9 Å². The second-order valence-corrected chi connectivity index (χ2v) is 6.53. The Kier molecular flexibility index (Phi) is 3.59. The highest BCUT2D eigenvalue weighted by molar-refractivity contribution is 5.94. The van der Waals surface area contributed by atoms with Crippen molar-refractivity contribution < 1.29 is 4.79 Å². The van der Waals surface area contributed by atoms with Gasteiger partial charge in [-0.15, -0.1) is 0 Å². The second-order valence-electron chi connectivity index (χ2n) is 6.53. The Morgan fingerprint density at radius 3 is 3.00 bits per heavy atom. The first-order valence-corrected chi connectivity index (χ1v) is 8.36. The number of H-pyrrole nitrogens is 1. The Labute approximate surface area is 140 Å². The third-order valence-corrected chi connectivity index (χ3v) is 4.81. The summed E-state index contributed by atoms with van der Waals surface area (Å²) in [6, 6.07) is 5.73. The average Bonchev–Trinajstić information content (AvgIpc) is 3.18. The van der Waals surface area contributed by atoms with E-state index in [2.05, 4.69) is 15.2 Å². The molecule has 6 nitrogen and oxygen atoms in total. The van der Waals surface area contributed by atoms with E-state index in [9.17, 15) is 4.79 Å². The minimum Gasteiger partial charge on any atom is -0.336 e. The average molecular weight is 323 g/mol. The maximum absolute atomic E-state index is 12.7. The van der Waals surface area contributed by atoms with Crippen molar-refractivity contribution in [2.45, 2.75) is 32.2 Å². The summed E-state index contributed by atoms with van der Waals surface area (Å²) in [5, 5.41) is 8.60. The van der Waals surface area contributed by atoms with Crippen LogP contribution in [0.2, 0.25) is 0 Å². The lowest BCUT2D eigenvalue weighted by Gasteiger charge is -2.17. The number of carbonyl (C=O) groups excluding carboxylic acids is 1. The molecule has 1 N–H and O–H groups in total. The monoisotopic (exact) mass is 323 g/mol. The molecule has 0 radical (unpaired) electrons. The first-order valence-electron chi connectivity index (χ1n) is 8.36. The summed E-state index contributed by atoms with van der Waals surface area (Å²) >= 11 is 0. The van der Waals surface area contributed by atoms with Crippen LogP contribution in [0.4, 0.5) is 0 Å². The van der Waals surface area contributed by atoms with Gasteiger partial charge in [0.25, 0.3) is 5.91 Å². The number of aromatic nitrogens is 4. The molecular weight excluding hydrogens is 302 g/mol. The van der Waals surface area contributed by atoms with Crippen molar-refractivity contribution in [3.8, 4) is 0 Å². The van der Waals surface area contributed by atoms with E-state index in [4.69, 9.17) is 0 Å². The highest BCUT2D eigenvalue weighted by Gasteiger charge is 2.21. The standard InChI is InChI=1S/C18H21N5O/c1-22-10-9-12-7-8-15(19-17(12)22)18(24)23(2)11-16-13-5-3-4-6-14(13)20-21-16/h7-10H,3-6,11H2,1-2H3,(H,20,21). The van der Waals surface area contributed by atoms with Gasteiger partial charge in [0.05, 0.1) is 12.2 Å². The summed E-state index contributed by atoms with van der Waals surface area (Å²) in [6.45, 7) is 0.511. The number of fused-ring (bicyclic) bond motifs is 2. The highest BCUT2D eigenvalue weighted by Crippen LogP contribution is 2.23. The third kappa shape index (κ3) is 2.48. The van der Waals surface area contributed by atoms with Gasteiger partial charge < -0.3 is 9.47 Å². The van der Waals surface area contributed by atoms with Crippen molar-refractivity contribution in [1.29, 1.82) is 0 Å². The predicted octanol–water partition coefficient (Wildman–Crippen LogP) is 2.45. The van der Waals surface area contributed by atoms with Crippen LogP contribution in [0.1, 0.15) is 40.3 Å². The molecule has 3 aromatic heterocycles. The first kappa shape index (κ1) is 14.9. The lowest BCUT2D eigenvalue weighted by molar-refractivity contribution is 0.0777. The van der Waals surface area contributed by atoms with E-state index in [0.29, 0.717) is 12.2 Å². The van der Waals surface area contributed by atoms with E-state index >= 15 is 0 Å². The Hall–Kier alpha value is -2.63. The number of nitrogens with one attached hydrogen (secondary N) is 1. The second kappa shape index (κ2) is 5.78. The minimum absolute atomic E-state index is 0.0781. The first-order chi connectivity index (χ1) is 11.6. The van der Waals surface area contributed by atoms with Crippen LogP contribution >= 0.6 is 0 Å². The van der Waals surface area contributed by atoms with E-state index < -0.39 is 0 Å². The predicted molar refractivity (Wildman–Crippen MR) is 91.7 cm³/mol. The fourth-order valence-electron chi connectivity index (χ4n) is 3.43. The molecule has 0 aliphatic heterocycles. The molecule has 1 aliphatic carbocycles. The number of pyridine rings is 1. The summed E-state index contributed by atoms with van der Waals surface area (Å²) < 4.78 is 1.93. The van der Waals surface area contributed by atoms with E-state index in [1.165, 1.54) is 24.1 Å². The summed E-state index contributed by atoms with van der Waals surface area (Å²) in [4.78, 5) is 18.9. The zero-order valence-electron chi connectivity index (χ0n) is 14.0. The van der Waals surface area contributed by atoms with Crippen molar-refractivity contribution in [1.82, 2.24) is 24.6 Å². The third-order valence-electron chi connectivity index (χ3n) is 4.81. The molecule has 0 bridgehead atoms. The Bertz CT molecular complexity index is 907. The molecule has 3 aromatic rings. The molecule has 1 aliphatic rings. The number of hydrogen-bond acceptors (Lipinski definition) is 3. The summed E-state index contributed by atoms with van der Waals surface area (Å²) in [5.41, 5.74) is 4.82. The number of rotatable bonds is 3. The van der Waals surface area contributed by atoms with Gasteiger partial charge in [-0.1, -0.05) is 0 Å². The van der Waals surface area contributed by atoms with Gasteiger partial charge >= 0.3 is 0 Å². The number of nitrogens with zero attached hydrogens (tertiary/aromatic N) is 4. The van der Waals surface area contributed by atoms with Gasteiger partial charge in [-0.05, 0) is 49.4 Å². The van der Waals surface area contributed by atoms with Gasteiger partial charge in [-0.2, -0.15) is 5.10 Å². The lowest BCUT2D eigenvalue weighted by Crippen LogP contribution is -2.27. The molecule has 24 heavy (non-hydrogen) atoms. The zero-order chi connectivity index (χ0) is 16.7. The topological polar surface area (TPSA) is 66.8 Å². The van der Waals surface area contributed by atoms with Crippen LogP contribution in [-0.2, 0) is 26.4 Å². The van der Waals surface area contributed by atoms with Crippen LogP contribution in [0.5, 0.6) is 0 Å². The van der Waals surface area contributed by atoms with E-state index in [-0.39, 0.29) is 5.91 Å². The van der Waals surface area contributed by atoms with Gasteiger partial charge in [-0.3, -0.25) is 9.89 Å². The smallest absolute Gasteiger partial charge is 0.272 e. The molecule has 0 spiro atoms. The van der Waals surface area contributed by atoms with Crippen LogP contribution in [-0.4, -0.2) is 37.6 Å². The SMILES string of the molecule is CN(Cc1n[nH]c2c1CCCC2)C(=O)c1ccc2ccn(C)c2n1. The van der Waals surface area contributed by atoms with Gasteiger partial charge in [-0.25, -0.2) is 4.98 Å². The normalized spacial score (nSPS) is 13.9. The molecule has 1 amide bonds. The number of aryl methyl sites for hydroxylation is 2. The maximum Gasteiger partial charge on any atom is 0.272 e. The minimum atomic E-state index is -0.0781. The van der Waals surface area contributed by atoms with Crippen molar-refractivity contribution in [3.05, 3.63) is 47.0 Å². The molecule has 124 valence electrons. The number of hydrogen-bond donors (Lipinski definition) is 1. The summed E-state index contributed by atoms with van der Waals surface area (Å²) in [7, 11) is 3.74. The van der Waals surface area contributed by atoms with E-state index in [0.717, 1.165) is 29.6 Å². The largest absolute Gasteiger partial charge is 0.336 e. The van der Waals surface area contributed by atoms with Crippen molar-refractivity contribution in [2.24, 2.45) is 7.05 Å². The molecule has 6 heteroatoms. The Morgan fingerprint density at radius 1 is 1.29 bits per heavy atom. The molecule has 0 fully saturated rings. The number of amides is 1. The van der Waals surface area contributed by atoms with Crippen molar-refractivity contribution in [2.75, 3.05) is 7.05 Å².